The number of hydrogen-bond donors (Lipinski definition) is 0. The number of rotatable bonds is 4. The number of fused-ring (bicyclic) bond motifs is 1. The van der Waals surface area contributed by atoms with E-state index in [1.807, 2.05) is 29.2 Å². The Kier molecular flexibility index (Phi) is 5.13. The summed E-state index contributed by atoms with van der Waals surface area (Å²) in [4.78, 5) is 33.1. The second-order valence-electron chi connectivity index (χ2n) is 7.58. The molecule has 0 saturated carbocycles. The summed E-state index contributed by atoms with van der Waals surface area (Å²) in [5.74, 6) is 1.72. The van der Waals surface area contributed by atoms with Gasteiger partial charge in [0, 0.05) is 44.6 Å². The molecule has 29 heavy (non-hydrogen) atoms. The molecule has 0 N–H and O–H groups in total. The Morgan fingerprint density at radius 3 is 2.48 bits per heavy atom. The molecule has 1 aromatic heterocycles. The van der Waals surface area contributed by atoms with Crippen LogP contribution in [0.25, 0.3) is 0 Å². The van der Waals surface area contributed by atoms with Gasteiger partial charge in [0.25, 0.3) is 0 Å². The van der Waals surface area contributed by atoms with E-state index >= 15 is 0 Å². The van der Waals surface area contributed by atoms with Crippen molar-refractivity contribution in [1.82, 2.24) is 9.88 Å². The highest BCUT2D eigenvalue weighted by molar-refractivity contribution is 5.94. The molecule has 1 amide bonds. The maximum atomic E-state index is 12.3. The Labute approximate surface area is 170 Å². The van der Waals surface area contributed by atoms with Crippen LogP contribution in [-0.4, -0.2) is 55.6 Å². The molecular weight excluding hydrogens is 370 g/mol. The first-order valence-electron chi connectivity index (χ1n) is 9.73. The lowest BCUT2D eigenvalue weighted by molar-refractivity contribution is -0.130. The molecule has 0 radical (unpaired) electrons. The highest BCUT2D eigenvalue weighted by Gasteiger charge is 2.49. The summed E-state index contributed by atoms with van der Waals surface area (Å²) in [6.45, 7) is 3.81. The van der Waals surface area contributed by atoms with E-state index in [1.54, 1.807) is 32.4 Å². The number of ether oxygens (including phenoxy) is 2. The predicted octanol–water partition coefficient (Wildman–Crippen LogP) is 2.53. The van der Waals surface area contributed by atoms with Crippen LogP contribution in [0.3, 0.4) is 0 Å². The first-order chi connectivity index (χ1) is 14.0. The smallest absolute Gasteiger partial charge is 0.341 e. The topological polar surface area (TPSA) is 72.0 Å². The molecule has 1 aromatic carbocycles. The number of hydrogen-bond acceptors (Lipinski definition) is 6. The third-order valence-electron chi connectivity index (χ3n) is 6.02. The zero-order chi connectivity index (χ0) is 20.5. The molecule has 0 unspecified atom stereocenters. The fourth-order valence-electron chi connectivity index (χ4n) is 4.69. The van der Waals surface area contributed by atoms with E-state index in [0.29, 0.717) is 23.8 Å². The lowest BCUT2D eigenvalue weighted by Crippen LogP contribution is -2.35. The number of anilines is 1. The average molecular weight is 395 g/mol. The number of benzene rings is 1. The van der Waals surface area contributed by atoms with E-state index in [-0.39, 0.29) is 23.8 Å². The lowest BCUT2D eigenvalue weighted by atomic mass is 9.89. The number of nitrogens with zero attached hydrogens (tertiary/aromatic N) is 3. The molecule has 3 heterocycles. The average Bonchev–Trinajstić information content (AvgIpc) is 3.31. The highest BCUT2D eigenvalue weighted by Crippen LogP contribution is 2.46. The van der Waals surface area contributed by atoms with Gasteiger partial charge in [-0.05, 0) is 29.8 Å². The van der Waals surface area contributed by atoms with Crippen molar-refractivity contribution in [3.05, 3.63) is 53.7 Å². The summed E-state index contributed by atoms with van der Waals surface area (Å²) in [6.07, 6.45) is 1.69. The van der Waals surface area contributed by atoms with Crippen LogP contribution in [0.2, 0.25) is 0 Å². The van der Waals surface area contributed by atoms with Gasteiger partial charge in [-0.3, -0.25) is 4.79 Å². The third-order valence-corrected chi connectivity index (χ3v) is 6.02. The molecule has 7 nitrogen and oxygen atoms in total. The number of amides is 1. The van der Waals surface area contributed by atoms with Gasteiger partial charge in [-0.2, -0.15) is 0 Å². The van der Waals surface area contributed by atoms with Gasteiger partial charge in [-0.25, -0.2) is 9.78 Å². The molecule has 152 valence electrons. The maximum absolute atomic E-state index is 12.3. The van der Waals surface area contributed by atoms with Gasteiger partial charge < -0.3 is 19.3 Å². The Balaban J connectivity index is 1.64. The Morgan fingerprint density at radius 1 is 1.07 bits per heavy atom. The SMILES string of the molecule is COC(=O)c1cccnc1N1C[C@@H]2CN(C(C)=O)[C@@H](c3ccc(OC)cc3)[C@@H]2C1. The highest BCUT2D eigenvalue weighted by atomic mass is 16.5. The molecule has 2 fully saturated rings. The standard InChI is InChI=1S/C22H25N3O4/c1-14(26)25-12-16-11-24(21-18(22(27)29-3)5-4-10-23-21)13-19(16)20(25)15-6-8-17(28-2)9-7-15/h4-10,16,19-20H,11-13H2,1-3H3/t16-,19-,20+/m1/s1. The van der Waals surface area contributed by atoms with Crippen molar-refractivity contribution in [1.29, 1.82) is 0 Å². The molecule has 2 saturated heterocycles. The van der Waals surface area contributed by atoms with Gasteiger partial charge in [0.1, 0.15) is 17.1 Å². The molecule has 2 aliphatic rings. The van der Waals surface area contributed by atoms with Crippen LogP contribution in [0.15, 0.2) is 42.6 Å². The van der Waals surface area contributed by atoms with E-state index in [4.69, 9.17) is 9.47 Å². The van der Waals surface area contributed by atoms with Gasteiger partial charge in [-0.1, -0.05) is 12.1 Å². The molecule has 0 aliphatic carbocycles. The van der Waals surface area contributed by atoms with Gasteiger partial charge in [-0.15, -0.1) is 0 Å². The fourth-order valence-corrected chi connectivity index (χ4v) is 4.69. The van der Waals surface area contributed by atoms with Gasteiger partial charge in [0.2, 0.25) is 5.91 Å². The van der Waals surface area contributed by atoms with Crippen LogP contribution in [0.1, 0.15) is 28.9 Å². The van der Waals surface area contributed by atoms with Crippen molar-refractivity contribution >= 4 is 17.7 Å². The number of esters is 1. The monoisotopic (exact) mass is 395 g/mol. The molecule has 4 rings (SSSR count). The first-order valence-corrected chi connectivity index (χ1v) is 9.73. The van der Waals surface area contributed by atoms with Crippen LogP contribution < -0.4 is 9.64 Å². The van der Waals surface area contributed by atoms with Crippen molar-refractivity contribution in [2.24, 2.45) is 11.8 Å². The second-order valence-corrected chi connectivity index (χ2v) is 7.58. The van der Waals surface area contributed by atoms with Crippen LogP contribution in [0, 0.1) is 11.8 Å². The third kappa shape index (κ3) is 3.41. The molecule has 7 heteroatoms. The van der Waals surface area contributed by atoms with Crippen molar-refractivity contribution in [2.45, 2.75) is 13.0 Å². The lowest BCUT2D eigenvalue weighted by Gasteiger charge is -2.30. The zero-order valence-corrected chi connectivity index (χ0v) is 16.9. The molecule has 2 aromatic rings. The zero-order valence-electron chi connectivity index (χ0n) is 16.9. The number of methoxy groups -OCH3 is 2. The Hall–Kier alpha value is -3.09. The molecule has 3 atom stereocenters. The van der Waals surface area contributed by atoms with E-state index in [1.165, 1.54) is 7.11 Å². The van der Waals surface area contributed by atoms with Gasteiger partial charge in [0.05, 0.1) is 20.3 Å². The van der Waals surface area contributed by atoms with Crippen LogP contribution in [0.5, 0.6) is 5.75 Å². The number of aromatic nitrogens is 1. The largest absolute Gasteiger partial charge is 0.497 e. The van der Waals surface area contributed by atoms with Crippen molar-refractivity contribution in [3.63, 3.8) is 0 Å². The van der Waals surface area contributed by atoms with Gasteiger partial charge in [0.15, 0.2) is 0 Å². The number of carbonyl (C=O) groups is 2. The minimum atomic E-state index is -0.387. The molecule has 0 bridgehead atoms. The van der Waals surface area contributed by atoms with Crippen LogP contribution in [0.4, 0.5) is 5.82 Å². The minimum Gasteiger partial charge on any atom is -0.497 e. The van der Waals surface area contributed by atoms with Crippen molar-refractivity contribution < 1.29 is 19.1 Å². The van der Waals surface area contributed by atoms with Crippen LogP contribution in [-0.2, 0) is 9.53 Å². The van der Waals surface area contributed by atoms with E-state index in [0.717, 1.165) is 24.4 Å². The van der Waals surface area contributed by atoms with Crippen LogP contribution >= 0.6 is 0 Å². The second kappa shape index (κ2) is 7.73. The molecule has 0 spiro atoms. The first kappa shape index (κ1) is 19.2. The number of likely N-dealkylation sites (tertiary alicyclic amines) is 1. The summed E-state index contributed by atoms with van der Waals surface area (Å²) in [5.41, 5.74) is 1.57. The van der Waals surface area contributed by atoms with E-state index < -0.39 is 0 Å². The van der Waals surface area contributed by atoms with E-state index in [2.05, 4.69) is 9.88 Å². The Bertz CT molecular complexity index is 915. The predicted molar refractivity (Wildman–Crippen MR) is 108 cm³/mol. The molecular formula is C22H25N3O4. The normalized spacial score (nSPS) is 23.1. The summed E-state index contributed by atoms with van der Waals surface area (Å²) < 4.78 is 10.2. The quantitative estimate of drug-likeness (QED) is 0.741. The maximum Gasteiger partial charge on any atom is 0.341 e. The minimum absolute atomic E-state index is 0.00121. The fraction of sp³-hybridized carbons (Fsp3) is 0.409. The number of carbonyl (C=O) groups excluding carboxylic acids is 2. The van der Waals surface area contributed by atoms with Gasteiger partial charge >= 0.3 is 5.97 Å². The summed E-state index contributed by atoms with van der Waals surface area (Å²) >= 11 is 0. The summed E-state index contributed by atoms with van der Waals surface area (Å²) in [5, 5.41) is 0. The van der Waals surface area contributed by atoms with Crippen molar-refractivity contribution in [2.75, 3.05) is 38.8 Å². The summed E-state index contributed by atoms with van der Waals surface area (Å²) in [6, 6.07) is 11.4. The molecule has 2 aliphatic heterocycles. The number of pyridine rings is 1. The summed E-state index contributed by atoms with van der Waals surface area (Å²) in [7, 11) is 3.02. The van der Waals surface area contributed by atoms with Crippen molar-refractivity contribution in [3.8, 4) is 5.75 Å². The van der Waals surface area contributed by atoms with E-state index in [9.17, 15) is 9.59 Å². The Morgan fingerprint density at radius 2 is 1.83 bits per heavy atom.